The first-order valence-corrected chi connectivity index (χ1v) is 3.85. The molecular weight excluding hydrogens is 184 g/mol. The van der Waals surface area contributed by atoms with Gasteiger partial charge in [0.1, 0.15) is 0 Å². The van der Waals surface area contributed by atoms with Gasteiger partial charge in [0.25, 0.3) is 0 Å². The molecule has 5 nitrogen and oxygen atoms in total. The highest BCUT2D eigenvalue weighted by molar-refractivity contribution is 5.77. The molecule has 0 aliphatic heterocycles. The Morgan fingerprint density at radius 3 is 3.21 bits per heavy atom. The Morgan fingerprint density at radius 1 is 1.57 bits per heavy atom. The molecule has 0 saturated carbocycles. The van der Waals surface area contributed by atoms with E-state index in [0.717, 1.165) is 5.39 Å². The first-order valence-electron chi connectivity index (χ1n) is 3.85. The van der Waals surface area contributed by atoms with Gasteiger partial charge in [0.15, 0.2) is 12.2 Å². The van der Waals surface area contributed by atoms with Crippen molar-refractivity contribution in [3.8, 4) is 0 Å². The molecule has 0 spiro atoms. The molecule has 2 radical (unpaired) electrons. The summed E-state index contributed by atoms with van der Waals surface area (Å²) in [5, 5.41) is 4.42. The van der Waals surface area contributed by atoms with Gasteiger partial charge in [0.05, 0.1) is 6.20 Å². The highest BCUT2D eigenvalue weighted by Gasteiger charge is 2.02. The highest BCUT2D eigenvalue weighted by Crippen LogP contribution is 2.16. The van der Waals surface area contributed by atoms with Crippen molar-refractivity contribution < 1.29 is 14.1 Å². The number of hydrogen-bond acceptors (Lipinski definition) is 4. The van der Waals surface area contributed by atoms with Crippen LogP contribution in [0.4, 0.5) is 4.79 Å². The maximum atomic E-state index is 10.2. The number of ether oxygens (including phenoxy) is 1. The van der Waals surface area contributed by atoms with Crippen LogP contribution in [0.25, 0.3) is 11.0 Å². The van der Waals surface area contributed by atoms with E-state index < -0.39 is 6.09 Å². The number of carbonyl (C=O) groups is 1. The second-order valence-corrected chi connectivity index (χ2v) is 2.65. The normalized spacial score (nSPS) is 10.3. The Kier molecular flexibility index (Phi) is 2.06. The van der Waals surface area contributed by atoms with Crippen LogP contribution in [0.15, 0.2) is 28.9 Å². The molecule has 0 aliphatic rings. The highest BCUT2D eigenvalue weighted by atomic mass is 16.5. The Bertz CT molecular complexity index is 464. The zero-order valence-corrected chi connectivity index (χ0v) is 7.06. The third kappa shape index (κ3) is 1.66. The number of carbonyl (C=O) groups excluding carboxylic acids is 1. The third-order valence-electron chi connectivity index (χ3n) is 1.68. The van der Waals surface area contributed by atoms with Crippen molar-refractivity contribution in [3.05, 3.63) is 36.6 Å². The third-order valence-corrected chi connectivity index (χ3v) is 1.68. The van der Waals surface area contributed by atoms with E-state index in [9.17, 15) is 4.79 Å². The second kappa shape index (κ2) is 3.37. The van der Waals surface area contributed by atoms with E-state index in [4.69, 9.17) is 10.3 Å². The smallest absolute Gasteiger partial charge is 0.426 e. The molecule has 1 amide bonds. The molecular formula is C9H6N2O3. The largest absolute Gasteiger partial charge is 0.436 e. The number of benzene rings is 1. The number of nitrogens with zero attached hydrogens (tertiary/aromatic N) is 1. The molecule has 0 aliphatic carbocycles. The minimum absolute atomic E-state index is 0.666. The van der Waals surface area contributed by atoms with Crippen molar-refractivity contribution in [2.24, 2.45) is 0 Å². The fraction of sp³-hybridized carbons (Fsp3) is 0. The van der Waals surface area contributed by atoms with Crippen LogP contribution in [0.3, 0.4) is 0 Å². The Morgan fingerprint density at radius 2 is 2.43 bits per heavy atom. The number of fused-ring (bicyclic) bond motifs is 1. The molecule has 0 atom stereocenters. The SMILES string of the molecule is [NH]C(=O)O[CH]c1ccc2oncc2c1. The molecule has 0 unspecified atom stereocenters. The summed E-state index contributed by atoms with van der Waals surface area (Å²) >= 11 is 0. The van der Waals surface area contributed by atoms with Crippen LogP contribution in [0.2, 0.25) is 0 Å². The zero-order chi connectivity index (χ0) is 9.97. The maximum absolute atomic E-state index is 10.2. The van der Waals surface area contributed by atoms with Gasteiger partial charge in [-0.25, -0.2) is 10.5 Å². The number of amides is 1. The van der Waals surface area contributed by atoms with Crippen LogP contribution in [0, 0.1) is 6.61 Å². The first-order chi connectivity index (χ1) is 6.75. The number of nitrogens with one attached hydrogen (secondary N) is 1. The Hall–Kier alpha value is -2.04. The van der Waals surface area contributed by atoms with E-state index in [-0.39, 0.29) is 0 Å². The molecule has 0 fully saturated rings. The maximum Gasteiger partial charge on any atom is 0.426 e. The molecule has 1 N–H and O–H groups in total. The second-order valence-electron chi connectivity index (χ2n) is 2.65. The van der Waals surface area contributed by atoms with Gasteiger partial charge in [0, 0.05) is 5.39 Å². The molecule has 1 heterocycles. The Balaban J connectivity index is 2.21. The van der Waals surface area contributed by atoms with Crippen LogP contribution >= 0.6 is 0 Å². The Labute approximate surface area is 79.4 Å². The number of aromatic nitrogens is 1. The lowest BCUT2D eigenvalue weighted by atomic mass is 10.2. The van der Waals surface area contributed by atoms with Crippen molar-refractivity contribution in [2.45, 2.75) is 0 Å². The summed E-state index contributed by atoms with van der Waals surface area (Å²) in [6, 6.07) is 5.16. The predicted octanol–water partition coefficient (Wildman–Crippen LogP) is 1.76. The lowest BCUT2D eigenvalue weighted by Crippen LogP contribution is -1.99. The average Bonchev–Trinajstić information content (AvgIpc) is 2.61. The van der Waals surface area contributed by atoms with Gasteiger partial charge in [-0.3, -0.25) is 0 Å². The van der Waals surface area contributed by atoms with Crippen LogP contribution in [0.5, 0.6) is 0 Å². The summed E-state index contributed by atoms with van der Waals surface area (Å²) < 4.78 is 9.29. The van der Waals surface area contributed by atoms with Gasteiger partial charge in [0.2, 0.25) is 0 Å². The summed E-state index contributed by atoms with van der Waals surface area (Å²) in [6.07, 6.45) is 0.477. The van der Waals surface area contributed by atoms with E-state index in [0.29, 0.717) is 11.1 Å². The predicted molar refractivity (Wildman–Crippen MR) is 47.0 cm³/mol. The van der Waals surface area contributed by atoms with Gasteiger partial charge >= 0.3 is 6.09 Å². The fourth-order valence-corrected chi connectivity index (χ4v) is 1.09. The minimum atomic E-state index is -1.09. The molecule has 5 heteroatoms. The summed E-state index contributed by atoms with van der Waals surface area (Å²) in [5.41, 5.74) is 7.88. The van der Waals surface area contributed by atoms with Crippen molar-refractivity contribution in [1.29, 1.82) is 0 Å². The monoisotopic (exact) mass is 190 g/mol. The average molecular weight is 190 g/mol. The van der Waals surface area contributed by atoms with Crippen molar-refractivity contribution >= 4 is 17.1 Å². The molecule has 14 heavy (non-hydrogen) atoms. The quantitative estimate of drug-likeness (QED) is 0.722. The van der Waals surface area contributed by atoms with Gasteiger partial charge in [-0.2, -0.15) is 0 Å². The van der Waals surface area contributed by atoms with Crippen LogP contribution < -0.4 is 5.73 Å². The van der Waals surface area contributed by atoms with Crippen LogP contribution in [-0.4, -0.2) is 11.2 Å². The van der Waals surface area contributed by atoms with Crippen molar-refractivity contribution in [1.82, 2.24) is 10.9 Å². The summed E-state index contributed by atoms with van der Waals surface area (Å²) in [4.78, 5) is 10.2. The lowest BCUT2D eigenvalue weighted by Gasteiger charge is -1.98. The first kappa shape index (κ1) is 8.55. The van der Waals surface area contributed by atoms with Gasteiger partial charge < -0.3 is 9.26 Å². The minimum Gasteiger partial charge on any atom is -0.436 e. The number of hydrogen-bond donors (Lipinski definition) is 0. The molecule has 2 rings (SSSR count). The fourth-order valence-electron chi connectivity index (χ4n) is 1.09. The topological polar surface area (TPSA) is 76.1 Å². The number of rotatable bonds is 2. The lowest BCUT2D eigenvalue weighted by molar-refractivity contribution is 0.184. The zero-order valence-electron chi connectivity index (χ0n) is 7.06. The molecule has 2 aromatic rings. The van der Waals surface area contributed by atoms with Crippen molar-refractivity contribution in [3.63, 3.8) is 0 Å². The van der Waals surface area contributed by atoms with Gasteiger partial charge in [-0.15, -0.1) is 0 Å². The van der Waals surface area contributed by atoms with Crippen LogP contribution in [0.1, 0.15) is 5.56 Å². The van der Waals surface area contributed by atoms with Crippen LogP contribution in [-0.2, 0) is 4.74 Å². The molecule has 0 bridgehead atoms. The molecule has 1 aromatic heterocycles. The van der Waals surface area contributed by atoms with Crippen molar-refractivity contribution in [2.75, 3.05) is 0 Å². The summed E-state index contributed by atoms with van der Waals surface area (Å²) in [7, 11) is 0. The van der Waals surface area contributed by atoms with E-state index >= 15 is 0 Å². The van der Waals surface area contributed by atoms with E-state index in [1.54, 1.807) is 24.4 Å². The van der Waals surface area contributed by atoms with E-state index in [1.165, 1.54) is 6.61 Å². The van der Waals surface area contributed by atoms with Gasteiger partial charge in [-0.05, 0) is 17.7 Å². The standard InChI is InChI=1S/C9H6N2O3/c10-9(12)13-5-6-1-2-8-7(3-6)4-11-14-8/h1-5,10H. The summed E-state index contributed by atoms with van der Waals surface area (Å²) in [5.74, 6) is 0. The molecule has 1 aromatic carbocycles. The van der Waals surface area contributed by atoms with E-state index in [2.05, 4.69) is 9.89 Å². The summed E-state index contributed by atoms with van der Waals surface area (Å²) in [6.45, 7) is 1.21. The van der Waals surface area contributed by atoms with E-state index in [1.807, 2.05) is 0 Å². The van der Waals surface area contributed by atoms with Gasteiger partial charge in [-0.1, -0.05) is 11.2 Å². The molecule has 0 saturated heterocycles. The molecule has 70 valence electrons.